The van der Waals surface area contributed by atoms with Gasteiger partial charge < -0.3 is 25.1 Å². The molecule has 1 saturated heterocycles. The molecular formula is C31H30N4O6S. The van der Waals surface area contributed by atoms with Gasteiger partial charge in [-0.3, -0.25) is 9.59 Å². The number of aromatic hydroxyl groups is 1. The molecule has 0 unspecified atom stereocenters. The summed E-state index contributed by atoms with van der Waals surface area (Å²) in [6, 6.07) is 29.4. The van der Waals surface area contributed by atoms with Crippen LogP contribution in [0.2, 0.25) is 0 Å². The van der Waals surface area contributed by atoms with Crippen LogP contribution in [0.5, 0.6) is 11.5 Å². The number of phenolic OH excluding ortho intramolecular Hbond substituents is 1. The van der Waals surface area contributed by atoms with Crippen LogP contribution in [0, 0.1) is 0 Å². The van der Waals surface area contributed by atoms with Crippen LogP contribution in [0.3, 0.4) is 0 Å². The minimum absolute atomic E-state index is 0.0681. The van der Waals surface area contributed by atoms with Crippen molar-refractivity contribution in [2.75, 3.05) is 42.1 Å². The fourth-order valence-electron chi connectivity index (χ4n) is 4.49. The lowest BCUT2D eigenvalue weighted by Crippen LogP contribution is -2.51. The van der Waals surface area contributed by atoms with E-state index in [1.54, 1.807) is 77.7 Å². The third-order valence-corrected chi connectivity index (χ3v) is 8.37. The second kappa shape index (κ2) is 12.6. The highest BCUT2D eigenvalue weighted by molar-refractivity contribution is 7.92. The summed E-state index contributed by atoms with van der Waals surface area (Å²) in [5.41, 5.74) is 1.50. The fraction of sp³-hybridized carbons (Fsp3) is 0.161. The first-order valence-electron chi connectivity index (χ1n) is 13.3. The van der Waals surface area contributed by atoms with E-state index < -0.39 is 15.9 Å². The van der Waals surface area contributed by atoms with Crippen molar-refractivity contribution in [3.63, 3.8) is 0 Å². The van der Waals surface area contributed by atoms with Gasteiger partial charge in [0.2, 0.25) is 5.91 Å². The number of rotatable bonds is 9. The zero-order valence-electron chi connectivity index (χ0n) is 22.7. The Morgan fingerprint density at radius 2 is 1.38 bits per heavy atom. The minimum Gasteiger partial charge on any atom is -0.508 e. The van der Waals surface area contributed by atoms with E-state index in [-0.39, 0.29) is 28.7 Å². The van der Waals surface area contributed by atoms with Crippen LogP contribution in [0.15, 0.2) is 114 Å². The second-order valence-electron chi connectivity index (χ2n) is 9.56. The molecule has 2 N–H and O–H groups in total. The van der Waals surface area contributed by atoms with Gasteiger partial charge in [0.15, 0.2) is 5.75 Å². The van der Waals surface area contributed by atoms with Crippen molar-refractivity contribution in [2.45, 2.75) is 4.90 Å². The Balaban J connectivity index is 1.19. The first kappa shape index (κ1) is 28.5. The molecule has 2 amide bonds. The standard InChI is InChI=1S/C31H30N4O6S/c36-27-15-13-25(14-16-27)33-19-21-34(22-20-33)30(37)23-32-31(38)24-11-17-29(18-12-24)42(39,40)35(26-7-3-1-4-8-26)41-28-9-5-2-6-10-28/h1-18,36H,19-23H2,(H,32,38). The van der Waals surface area contributed by atoms with Crippen molar-refractivity contribution in [2.24, 2.45) is 0 Å². The summed E-state index contributed by atoms with van der Waals surface area (Å²) in [5.74, 6) is -0.155. The number of hydrogen-bond donors (Lipinski definition) is 2. The summed E-state index contributed by atoms with van der Waals surface area (Å²) in [5, 5.41) is 12.1. The topological polar surface area (TPSA) is 119 Å². The first-order valence-corrected chi connectivity index (χ1v) is 14.8. The molecule has 11 heteroatoms. The largest absolute Gasteiger partial charge is 0.508 e. The number of anilines is 2. The molecule has 0 saturated carbocycles. The molecule has 0 aromatic heterocycles. The Morgan fingerprint density at radius 1 is 0.786 bits per heavy atom. The van der Waals surface area contributed by atoms with E-state index >= 15 is 0 Å². The maximum absolute atomic E-state index is 13.6. The lowest BCUT2D eigenvalue weighted by molar-refractivity contribution is -0.130. The predicted molar refractivity (Wildman–Crippen MR) is 159 cm³/mol. The Labute approximate surface area is 244 Å². The molecular weight excluding hydrogens is 556 g/mol. The molecule has 4 aromatic rings. The summed E-state index contributed by atoms with van der Waals surface area (Å²) in [6.45, 7) is 2.10. The van der Waals surface area contributed by atoms with E-state index in [0.29, 0.717) is 37.6 Å². The van der Waals surface area contributed by atoms with Crippen LogP contribution in [0.1, 0.15) is 10.4 Å². The number of carbonyl (C=O) groups is 2. The molecule has 0 bridgehead atoms. The van der Waals surface area contributed by atoms with Gasteiger partial charge in [-0.1, -0.05) is 40.9 Å². The molecule has 1 fully saturated rings. The zero-order chi connectivity index (χ0) is 29.5. The third kappa shape index (κ3) is 6.64. The fourth-order valence-corrected chi connectivity index (χ4v) is 5.74. The number of amides is 2. The molecule has 0 atom stereocenters. The van der Waals surface area contributed by atoms with Gasteiger partial charge >= 0.3 is 0 Å². The Kier molecular flexibility index (Phi) is 8.58. The number of benzene rings is 4. The van der Waals surface area contributed by atoms with Crippen LogP contribution in [0.25, 0.3) is 0 Å². The molecule has 1 heterocycles. The zero-order valence-corrected chi connectivity index (χ0v) is 23.5. The van der Waals surface area contributed by atoms with E-state index in [9.17, 15) is 23.1 Å². The molecule has 1 aliphatic heterocycles. The summed E-state index contributed by atoms with van der Waals surface area (Å²) < 4.78 is 28.0. The number of nitrogens with one attached hydrogen (secondary N) is 1. The Bertz CT molecular complexity index is 1610. The summed E-state index contributed by atoms with van der Waals surface area (Å²) >= 11 is 0. The number of carbonyl (C=O) groups excluding carboxylic acids is 2. The van der Waals surface area contributed by atoms with Crippen molar-refractivity contribution < 1.29 is 28.0 Å². The highest BCUT2D eigenvalue weighted by Crippen LogP contribution is 2.26. The lowest BCUT2D eigenvalue weighted by atomic mass is 10.2. The SMILES string of the molecule is O=C(NCC(=O)N1CCN(c2ccc(O)cc2)CC1)c1ccc(S(=O)(=O)N(Oc2ccccc2)c2ccccc2)cc1. The maximum Gasteiger partial charge on any atom is 0.295 e. The Morgan fingerprint density at radius 3 is 2.00 bits per heavy atom. The van der Waals surface area contributed by atoms with Gasteiger partial charge in [0.05, 0.1) is 17.1 Å². The number of sulfonamides is 1. The smallest absolute Gasteiger partial charge is 0.295 e. The maximum atomic E-state index is 13.6. The predicted octanol–water partition coefficient (Wildman–Crippen LogP) is 3.66. The number of hydrogen-bond acceptors (Lipinski definition) is 7. The van der Waals surface area contributed by atoms with Crippen molar-refractivity contribution in [3.05, 3.63) is 115 Å². The normalized spacial score (nSPS) is 13.3. The highest BCUT2D eigenvalue weighted by atomic mass is 32.2. The number of phenols is 1. The average Bonchev–Trinajstić information content (AvgIpc) is 3.03. The van der Waals surface area contributed by atoms with E-state index in [2.05, 4.69) is 10.2 Å². The van der Waals surface area contributed by atoms with E-state index in [4.69, 9.17) is 4.84 Å². The molecule has 42 heavy (non-hydrogen) atoms. The molecule has 0 aliphatic carbocycles. The molecule has 1 aliphatic rings. The van der Waals surface area contributed by atoms with Crippen LogP contribution in [-0.4, -0.2) is 63.0 Å². The van der Waals surface area contributed by atoms with Gasteiger partial charge in [-0.15, -0.1) is 0 Å². The molecule has 10 nitrogen and oxygen atoms in total. The minimum atomic E-state index is -4.16. The van der Waals surface area contributed by atoms with E-state index in [1.165, 1.54) is 24.3 Å². The number of piperazine rings is 1. The monoisotopic (exact) mass is 586 g/mol. The second-order valence-corrected chi connectivity index (χ2v) is 11.3. The number of para-hydroxylation sites is 2. The molecule has 0 radical (unpaired) electrons. The van der Waals surface area contributed by atoms with Crippen molar-refractivity contribution in [1.29, 1.82) is 0 Å². The first-order chi connectivity index (χ1) is 20.3. The molecule has 216 valence electrons. The van der Waals surface area contributed by atoms with Crippen LogP contribution in [-0.2, 0) is 14.8 Å². The van der Waals surface area contributed by atoms with Gasteiger partial charge in [-0.05, 0) is 72.8 Å². The average molecular weight is 587 g/mol. The van der Waals surface area contributed by atoms with Crippen LogP contribution in [0.4, 0.5) is 11.4 Å². The van der Waals surface area contributed by atoms with E-state index in [1.807, 2.05) is 12.1 Å². The van der Waals surface area contributed by atoms with E-state index in [0.717, 1.165) is 10.2 Å². The van der Waals surface area contributed by atoms with Gasteiger partial charge in [-0.2, -0.15) is 8.42 Å². The van der Waals surface area contributed by atoms with Gasteiger partial charge in [-0.25, -0.2) is 0 Å². The third-order valence-electron chi connectivity index (χ3n) is 6.78. The number of nitrogens with zero attached hydrogens (tertiary/aromatic N) is 3. The molecule has 5 rings (SSSR count). The summed E-state index contributed by atoms with van der Waals surface area (Å²) in [7, 11) is -4.16. The summed E-state index contributed by atoms with van der Waals surface area (Å²) in [4.78, 5) is 35.0. The van der Waals surface area contributed by atoms with Gasteiger partial charge in [0.1, 0.15) is 5.75 Å². The molecule has 4 aromatic carbocycles. The van der Waals surface area contributed by atoms with Crippen LogP contribution < -0.4 is 19.5 Å². The van der Waals surface area contributed by atoms with Crippen molar-refractivity contribution in [3.8, 4) is 11.5 Å². The van der Waals surface area contributed by atoms with Crippen LogP contribution >= 0.6 is 0 Å². The Hall–Kier alpha value is -5.03. The quantitative estimate of drug-likeness (QED) is 0.287. The molecule has 0 spiro atoms. The van der Waals surface area contributed by atoms with Gasteiger partial charge in [0.25, 0.3) is 15.9 Å². The highest BCUT2D eigenvalue weighted by Gasteiger charge is 2.28. The lowest BCUT2D eigenvalue weighted by Gasteiger charge is -2.36. The van der Waals surface area contributed by atoms with Crippen molar-refractivity contribution in [1.82, 2.24) is 10.2 Å². The van der Waals surface area contributed by atoms with Crippen molar-refractivity contribution >= 4 is 33.2 Å². The van der Waals surface area contributed by atoms with Gasteiger partial charge in [0, 0.05) is 37.4 Å². The summed E-state index contributed by atoms with van der Waals surface area (Å²) in [6.07, 6.45) is 0.